The maximum Gasteiger partial charge on any atom is 0.131 e. The number of benzene rings is 2. The summed E-state index contributed by atoms with van der Waals surface area (Å²) in [6.45, 7) is 0. The third kappa shape index (κ3) is 2.62. The van der Waals surface area contributed by atoms with E-state index in [1.165, 1.54) is 12.1 Å². The third-order valence-electron chi connectivity index (χ3n) is 2.51. The highest BCUT2D eigenvalue weighted by Gasteiger charge is 2.14. The highest BCUT2D eigenvalue weighted by Crippen LogP contribution is 2.24. The molecule has 0 heterocycles. The van der Waals surface area contributed by atoms with Gasteiger partial charge in [0.1, 0.15) is 11.6 Å². The normalized spacial score (nSPS) is 12.5. The second kappa shape index (κ2) is 4.82. The molecule has 0 saturated carbocycles. The summed E-state index contributed by atoms with van der Waals surface area (Å²) in [5, 5.41) is 0.528. The van der Waals surface area contributed by atoms with Gasteiger partial charge in [-0.25, -0.2) is 8.78 Å². The molecule has 1 nitrogen and oxygen atoms in total. The number of halogens is 3. The Morgan fingerprint density at radius 2 is 1.82 bits per heavy atom. The van der Waals surface area contributed by atoms with Crippen LogP contribution in [-0.2, 0) is 0 Å². The fourth-order valence-corrected chi connectivity index (χ4v) is 1.83. The van der Waals surface area contributed by atoms with Crippen LogP contribution in [0.4, 0.5) is 8.78 Å². The fraction of sp³-hybridized carbons (Fsp3) is 0.0769. The van der Waals surface area contributed by atoms with E-state index in [1.54, 1.807) is 24.3 Å². The molecule has 88 valence electrons. The average Bonchev–Trinajstić information content (AvgIpc) is 2.28. The number of rotatable bonds is 2. The lowest BCUT2D eigenvalue weighted by Crippen LogP contribution is -2.13. The molecule has 1 atom stereocenters. The molecule has 2 aromatic rings. The van der Waals surface area contributed by atoms with E-state index < -0.39 is 17.7 Å². The van der Waals surface area contributed by atoms with Gasteiger partial charge < -0.3 is 5.73 Å². The topological polar surface area (TPSA) is 26.0 Å². The van der Waals surface area contributed by atoms with Crippen molar-refractivity contribution in [2.24, 2.45) is 5.73 Å². The summed E-state index contributed by atoms with van der Waals surface area (Å²) in [5.41, 5.74) is 6.84. The van der Waals surface area contributed by atoms with Crippen molar-refractivity contribution >= 4 is 11.6 Å². The summed E-state index contributed by atoms with van der Waals surface area (Å²) in [5.74, 6) is -1.28. The summed E-state index contributed by atoms with van der Waals surface area (Å²) < 4.78 is 26.3. The van der Waals surface area contributed by atoms with Crippen molar-refractivity contribution in [3.8, 4) is 0 Å². The minimum absolute atomic E-state index is 0.244. The first-order valence-corrected chi connectivity index (χ1v) is 5.41. The van der Waals surface area contributed by atoms with Crippen molar-refractivity contribution in [3.05, 3.63) is 70.2 Å². The standard InChI is InChI=1S/C13H10ClF2N/c14-9-3-1-2-8(6-9)13(17)11-5-4-10(15)7-12(11)16/h1-7,13H,17H2. The highest BCUT2D eigenvalue weighted by molar-refractivity contribution is 6.30. The molecule has 0 fully saturated rings. The Bertz CT molecular complexity index is 543. The Hall–Kier alpha value is -1.45. The molecule has 0 aliphatic heterocycles. The van der Waals surface area contributed by atoms with E-state index in [2.05, 4.69) is 0 Å². The van der Waals surface area contributed by atoms with Crippen molar-refractivity contribution < 1.29 is 8.78 Å². The molecule has 0 aliphatic carbocycles. The summed E-state index contributed by atoms with van der Waals surface area (Å²) in [6.07, 6.45) is 0. The van der Waals surface area contributed by atoms with Gasteiger partial charge in [-0.1, -0.05) is 29.8 Å². The van der Waals surface area contributed by atoms with Crippen LogP contribution in [0.15, 0.2) is 42.5 Å². The van der Waals surface area contributed by atoms with Crippen LogP contribution < -0.4 is 5.73 Å². The smallest absolute Gasteiger partial charge is 0.131 e. The predicted octanol–water partition coefficient (Wildman–Crippen LogP) is 3.67. The molecular formula is C13H10ClF2N. The molecule has 0 aromatic heterocycles. The van der Waals surface area contributed by atoms with Gasteiger partial charge in [-0.2, -0.15) is 0 Å². The molecule has 0 bridgehead atoms. The van der Waals surface area contributed by atoms with Crippen molar-refractivity contribution in [2.75, 3.05) is 0 Å². The van der Waals surface area contributed by atoms with Crippen LogP contribution in [0.5, 0.6) is 0 Å². The largest absolute Gasteiger partial charge is 0.320 e. The van der Waals surface area contributed by atoms with Crippen molar-refractivity contribution in [1.29, 1.82) is 0 Å². The maximum atomic E-state index is 13.5. The monoisotopic (exact) mass is 253 g/mol. The Balaban J connectivity index is 2.40. The van der Waals surface area contributed by atoms with Gasteiger partial charge in [0, 0.05) is 16.7 Å². The molecular weight excluding hydrogens is 244 g/mol. The van der Waals surface area contributed by atoms with E-state index in [9.17, 15) is 8.78 Å². The Morgan fingerprint density at radius 3 is 2.47 bits per heavy atom. The molecule has 0 radical (unpaired) electrons. The predicted molar refractivity (Wildman–Crippen MR) is 63.8 cm³/mol. The average molecular weight is 254 g/mol. The van der Waals surface area contributed by atoms with Gasteiger partial charge in [-0.05, 0) is 23.8 Å². The van der Waals surface area contributed by atoms with Crippen LogP contribution in [0.3, 0.4) is 0 Å². The van der Waals surface area contributed by atoms with E-state index in [4.69, 9.17) is 17.3 Å². The lowest BCUT2D eigenvalue weighted by molar-refractivity contribution is 0.566. The van der Waals surface area contributed by atoms with E-state index in [0.29, 0.717) is 10.6 Å². The van der Waals surface area contributed by atoms with Gasteiger partial charge in [-0.3, -0.25) is 0 Å². The van der Waals surface area contributed by atoms with E-state index >= 15 is 0 Å². The number of nitrogens with two attached hydrogens (primary N) is 1. The van der Waals surface area contributed by atoms with Gasteiger partial charge >= 0.3 is 0 Å². The van der Waals surface area contributed by atoms with Gasteiger partial charge in [0.15, 0.2) is 0 Å². The Kier molecular flexibility index (Phi) is 3.41. The van der Waals surface area contributed by atoms with Crippen molar-refractivity contribution in [1.82, 2.24) is 0 Å². The first-order chi connectivity index (χ1) is 8.08. The molecule has 17 heavy (non-hydrogen) atoms. The van der Waals surface area contributed by atoms with Crippen LogP contribution in [0.25, 0.3) is 0 Å². The highest BCUT2D eigenvalue weighted by atomic mass is 35.5. The summed E-state index contributed by atoms with van der Waals surface area (Å²) in [4.78, 5) is 0. The third-order valence-corrected chi connectivity index (χ3v) is 2.74. The SMILES string of the molecule is NC(c1cccc(Cl)c1)c1ccc(F)cc1F. The van der Waals surface area contributed by atoms with Crippen molar-refractivity contribution in [2.45, 2.75) is 6.04 Å². The lowest BCUT2D eigenvalue weighted by atomic mass is 9.99. The van der Waals surface area contributed by atoms with Gasteiger partial charge in [0.25, 0.3) is 0 Å². The lowest BCUT2D eigenvalue weighted by Gasteiger charge is -2.13. The molecule has 2 aromatic carbocycles. The first-order valence-electron chi connectivity index (χ1n) is 5.04. The zero-order valence-corrected chi connectivity index (χ0v) is 9.59. The van der Waals surface area contributed by atoms with Crippen LogP contribution in [0, 0.1) is 11.6 Å². The minimum atomic E-state index is -0.658. The van der Waals surface area contributed by atoms with E-state index in [0.717, 1.165) is 6.07 Å². The van der Waals surface area contributed by atoms with Crippen LogP contribution in [-0.4, -0.2) is 0 Å². The second-order valence-corrected chi connectivity index (χ2v) is 4.13. The van der Waals surface area contributed by atoms with Crippen LogP contribution in [0.2, 0.25) is 5.02 Å². The summed E-state index contributed by atoms with van der Waals surface area (Å²) in [6, 6.07) is 9.54. The maximum absolute atomic E-state index is 13.5. The minimum Gasteiger partial charge on any atom is -0.320 e. The summed E-state index contributed by atoms with van der Waals surface area (Å²) in [7, 11) is 0. The molecule has 4 heteroatoms. The first kappa shape index (κ1) is 12.0. The van der Waals surface area contributed by atoms with E-state index in [1.807, 2.05) is 0 Å². The molecule has 0 saturated heterocycles. The van der Waals surface area contributed by atoms with Gasteiger partial charge in [0.05, 0.1) is 6.04 Å². The molecule has 0 spiro atoms. The van der Waals surface area contributed by atoms with Crippen LogP contribution >= 0.6 is 11.6 Å². The molecule has 1 unspecified atom stereocenters. The zero-order chi connectivity index (χ0) is 12.4. The quantitative estimate of drug-likeness (QED) is 0.868. The van der Waals surface area contributed by atoms with Gasteiger partial charge in [0.2, 0.25) is 0 Å². The fourth-order valence-electron chi connectivity index (χ4n) is 1.63. The zero-order valence-electron chi connectivity index (χ0n) is 8.83. The summed E-state index contributed by atoms with van der Waals surface area (Å²) >= 11 is 5.83. The van der Waals surface area contributed by atoms with Gasteiger partial charge in [-0.15, -0.1) is 0 Å². The number of hydrogen-bond donors (Lipinski definition) is 1. The van der Waals surface area contributed by atoms with E-state index in [-0.39, 0.29) is 5.56 Å². The molecule has 0 amide bonds. The second-order valence-electron chi connectivity index (χ2n) is 3.70. The molecule has 2 N–H and O–H groups in total. The van der Waals surface area contributed by atoms with Crippen molar-refractivity contribution in [3.63, 3.8) is 0 Å². The Labute approximate surface area is 103 Å². The Morgan fingerprint density at radius 1 is 1.06 bits per heavy atom. The molecule has 2 rings (SSSR count). The van der Waals surface area contributed by atoms with Crippen LogP contribution in [0.1, 0.15) is 17.2 Å². The molecule has 0 aliphatic rings. The number of hydrogen-bond acceptors (Lipinski definition) is 1.